The summed E-state index contributed by atoms with van der Waals surface area (Å²) in [6.45, 7) is 6.97. The van der Waals surface area contributed by atoms with E-state index in [1.807, 2.05) is 19.9 Å². The summed E-state index contributed by atoms with van der Waals surface area (Å²) in [5.41, 5.74) is 2.24. The summed E-state index contributed by atoms with van der Waals surface area (Å²) in [5, 5.41) is 0. The van der Waals surface area contributed by atoms with E-state index in [1.54, 1.807) is 45.6 Å². The van der Waals surface area contributed by atoms with Crippen molar-refractivity contribution in [1.82, 2.24) is 19.0 Å². The lowest BCUT2D eigenvalue weighted by Crippen LogP contribution is -2.48. The topological polar surface area (TPSA) is 69.4 Å². The van der Waals surface area contributed by atoms with Gasteiger partial charge in [-0.25, -0.2) is 9.37 Å². The molecule has 1 amide bonds. The number of rotatable bonds is 3. The summed E-state index contributed by atoms with van der Waals surface area (Å²) in [6.07, 6.45) is 4.18. The molecule has 4 heterocycles. The summed E-state index contributed by atoms with van der Waals surface area (Å²) in [7, 11) is 0. The molecule has 3 aliphatic rings. The fraction of sp³-hybridized carbons (Fsp3) is 0.375. The number of amides is 1. The average molecular weight is 434 g/mol. The zero-order valence-electron chi connectivity index (χ0n) is 18.2. The van der Waals surface area contributed by atoms with Crippen molar-refractivity contribution in [3.8, 4) is 11.4 Å². The van der Waals surface area contributed by atoms with Crippen molar-refractivity contribution in [3.05, 3.63) is 75.5 Å². The quantitative estimate of drug-likeness (QED) is 0.636. The summed E-state index contributed by atoms with van der Waals surface area (Å²) < 4.78 is 23.4. The molecule has 0 N–H and O–H groups in total. The standard InChI is InChI=1S/C24H23FN4O3/c1-14-8-16-20(9-17(14)25)32-23(3)11-24(16,23)12-27-6-7-29-19(21(27)30)5-4-18(22(29)31)28-10-15(2)26-13-28/h4-5,8-10,13H,6-7,11-12H2,1-3H3/t23-,24+/m1/s1. The third kappa shape index (κ3) is 2.43. The molecule has 2 aromatic heterocycles. The molecule has 2 aliphatic heterocycles. The number of imidazole rings is 1. The van der Waals surface area contributed by atoms with E-state index in [0.717, 1.165) is 17.7 Å². The Morgan fingerprint density at radius 1 is 1.19 bits per heavy atom. The van der Waals surface area contributed by atoms with Crippen LogP contribution in [0, 0.1) is 19.7 Å². The molecule has 164 valence electrons. The molecule has 1 aliphatic carbocycles. The van der Waals surface area contributed by atoms with Crippen LogP contribution in [0.15, 0.2) is 41.6 Å². The highest BCUT2D eigenvalue weighted by molar-refractivity contribution is 5.93. The Morgan fingerprint density at radius 3 is 2.75 bits per heavy atom. The van der Waals surface area contributed by atoms with Crippen LogP contribution in [0.4, 0.5) is 4.39 Å². The smallest absolute Gasteiger partial charge is 0.275 e. The maximum Gasteiger partial charge on any atom is 0.275 e. The van der Waals surface area contributed by atoms with Crippen LogP contribution in [0.25, 0.3) is 5.69 Å². The minimum absolute atomic E-state index is 0.169. The number of hydrogen-bond donors (Lipinski definition) is 0. The van der Waals surface area contributed by atoms with Gasteiger partial charge in [-0.2, -0.15) is 0 Å². The summed E-state index contributed by atoms with van der Waals surface area (Å²) in [5.74, 6) is 0.121. The van der Waals surface area contributed by atoms with Crippen molar-refractivity contribution in [1.29, 1.82) is 0 Å². The van der Waals surface area contributed by atoms with E-state index < -0.39 is 5.60 Å². The van der Waals surface area contributed by atoms with Crippen LogP contribution in [0.1, 0.15) is 40.7 Å². The number of benzene rings is 1. The van der Waals surface area contributed by atoms with Crippen LogP contribution in [0.3, 0.4) is 0 Å². The molecule has 0 bridgehead atoms. The van der Waals surface area contributed by atoms with Crippen molar-refractivity contribution in [3.63, 3.8) is 0 Å². The lowest BCUT2D eigenvalue weighted by atomic mass is 9.91. The minimum Gasteiger partial charge on any atom is -0.486 e. The monoisotopic (exact) mass is 434 g/mol. The fourth-order valence-corrected chi connectivity index (χ4v) is 5.40. The second-order valence-corrected chi connectivity index (χ2v) is 9.40. The van der Waals surface area contributed by atoms with Gasteiger partial charge in [0.2, 0.25) is 0 Å². The molecule has 3 aromatic rings. The van der Waals surface area contributed by atoms with Gasteiger partial charge in [-0.15, -0.1) is 0 Å². The van der Waals surface area contributed by atoms with Gasteiger partial charge in [-0.3, -0.25) is 9.59 Å². The predicted molar refractivity (Wildman–Crippen MR) is 115 cm³/mol. The van der Waals surface area contributed by atoms with Crippen LogP contribution in [-0.2, 0) is 12.0 Å². The van der Waals surface area contributed by atoms with Crippen molar-refractivity contribution in [2.24, 2.45) is 0 Å². The molecule has 0 spiro atoms. The number of fused-ring (bicyclic) bond motifs is 4. The Morgan fingerprint density at radius 2 is 2.00 bits per heavy atom. The first-order chi connectivity index (χ1) is 15.2. The van der Waals surface area contributed by atoms with Gasteiger partial charge in [-0.1, -0.05) is 0 Å². The van der Waals surface area contributed by atoms with Crippen molar-refractivity contribution in [2.45, 2.75) is 44.8 Å². The molecule has 8 heteroatoms. The highest BCUT2D eigenvalue weighted by atomic mass is 19.1. The summed E-state index contributed by atoms with van der Waals surface area (Å²) in [6, 6.07) is 6.70. The van der Waals surface area contributed by atoms with Gasteiger partial charge in [-0.05, 0) is 44.5 Å². The number of carbonyl (C=O) groups is 1. The largest absolute Gasteiger partial charge is 0.486 e. The SMILES string of the molecule is Cc1cn(-c2ccc3n(c2=O)CCN(C[C@]24C[C@@]2(C)Oc2cc(F)c(C)cc24)C3=O)cn1. The molecule has 0 unspecified atom stereocenters. The number of ether oxygens (including phenoxy) is 1. The maximum absolute atomic E-state index is 14.1. The van der Waals surface area contributed by atoms with E-state index in [2.05, 4.69) is 4.98 Å². The fourth-order valence-electron chi connectivity index (χ4n) is 5.40. The van der Waals surface area contributed by atoms with Crippen molar-refractivity contribution in [2.75, 3.05) is 13.1 Å². The third-order valence-corrected chi connectivity index (χ3v) is 7.34. The van der Waals surface area contributed by atoms with Gasteiger partial charge in [0.1, 0.15) is 28.5 Å². The first-order valence-corrected chi connectivity index (χ1v) is 10.8. The van der Waals surface area contributed by atoms with Crippen LogP contribution in [0.5, 0.6) is 5.75 Å². The Balaban J connectivity index is 1.33. The second-order valence-electron chi connectivity index (χ2n) is 9.40. The Hall–Kier alpha value is -3.42. The van der Waals surface area contributed by atoms with Gasteiger partial charge < -0.3 is 18.8 Å². The minimum atomic E-state index is -0.434. The van der Waals surface area contributed by atoms with Crippen LogP contribution in [-0.4, -0.2) is 43.6 Å². The number of halogens is 1. The number of aryl methyl sites for hydroxylation is 2. The first kappa shape index (κ1) is 19.3. The molecule has 2 atom stereocenters. The van der Waals surface area contributed by atoms with Gasteiger partial charge in [0.25, 0.3) is 11.5 Å². The molecule has 0 saturated heterocycles. The van der Waals surface area contributed by atoms with Crippen molar-refractivity contribution < 1.29 is 13.9 Å². The molecule has 6 rings (SSSR count). The number of carbonyl (C=O) groups excluding carboxylic acids is 1. The van der Waals surface area contributed by atoms with E-state index in [1.165, 1.54) is 6.07 Å². The third-order valence-electron chi connectivity index (χ3n) is 7.34. The van der Waals surface area contributed by atoms with E-state index in [4.69, 9.17) is 4.74 Å². The van der Waals surface area contributed by atoms with E-state index in [9.17, 15) is 14.0 Å². The molecule has 1 saturated carbocycles. The molecule has 1 fully saturated rings. The lowest BCUT2D eigenvalue weighted by Gasteiger charge is -2.32. The zero-order valence-corrected chi connectivity index (χ0v) is 18.2. The Bertz CT molecular complexity index is 1380. The Labute approximate surface area is 184 Å². The number of aromatic nitrogens is 3. The van der Waals surface area contributed by atoms with E-state index >= 15 is 0 Å². The number of nitrogens with zero attached hydrogens (tertiary/aromatic N) is 4. The van der Waals surface area contributed by atoms with Gasteiger partial charge in [0.15, 0.2) is 0 Å². The summed E-state index contributed by atoms with van der Waals surface area (Å²) >= 11 is 0. The van der Waals surface area contributed by atoms with E-state index in [0.29, 0.717) is 42.3 Å². The molecule has 1 aromatic carbocycles. The highest BCUT2D eigenvalue weighted by Gasteiger charge is 2.73. The molecular formula is C24H23FN4O3. The normalized spacial score (nSPS) is 25.2. The lowest BCUT2D eigenvalue weighted by molar-refractivity contribution is 0.0666. The second kappa shape index (κ2) is 6.09. The molecule has 7 nitrogen and oxygen atoms in total. The summed E-state index contributed by atoms with van der Waals surface area (Å²) in [4.78, 5) is 32.4. The first-order valence-electron chi connectivity index (χ1n) is 10.8. The van der Waals surface area contributed by atoms with Crippen LogP contribution < -0.4 is 10.3 Å². The van der Waals surface area contributed by atoms with Crippen LogP contribution >= 0.6 is 0 Å². The average Bonchev–Trinajstić information content (AvgIpc) is 3.00. The predicted octanol–water partition coefficient (Wildman–Crippen LogP) is 2.74. The maximum atomic E-state index is 14.1. The molecule has 32 heavy (non-hydrogen) atoms. The highest BCUT2D eigenvalue weighted by Crippen LogP contribution is 2.67. The number of hydrogen-bond acceptors (Lipinski definition) is 4. The molecular weight excluding hydrogens is 411 g/mol. The number of pyridine rings is 1. The van der Waals surface area contributed by atoms with Crippen molar-refractivity contribution >= 4 is 5.91 Å². The van der Waals surface area contributed by atoms with Gasteiger partial charge in [0, 0.05) is 43.9 Å². The molecule has 0 radical (unpaired) electrons. The van der Waals surface area contributed by atoms with Gasteiger partial charge >= 0.3 is 0 Å². The zero-order chi connectivity index (χ0) is 22.4. The van der Waals surface area contributed by atoms with Crippen LogP contribution in [0.2, 0.25) is 0 Å². The Kier molecular flexibility index (Phi) is 3.67. The van der Waals surface area contributed by atoms with E-state index in [-0.39, 0.29) is 22.7 Å². The van der Waals surface area contributed by atoms with Gasteiger partial charge in [0.05, 0.1) is 17.4 Å².